The van der Waals surface area contributed by atoms with E-state index in [-0.39, 0.29) is 22.0 Å². The third kappa shape index (κ3) is 3.83. The van der Waals surface area contributed by atoms with Crippen LogP contribution in [0.2, 0.25) is 0 Å². The highest BCUT2D eigenvalue weighted by Crippen LogP contribution is 2.26. The van der Waals surface area contributed by atoms with Crippen LogP contribution >= 0.6 is 11.3 Å². The highest BCUT2D eigenvalue weighted by molar-refractivity contribution is 7.93. The SMILES string of the molecule is Cc1nnc(NS(=O)(=O)c2ccc3c(c2)CN(C(=O)C2CCCO2)CC3)s1. The lowest BCUT2D eigenvalue weighted by Gasteiger charge is -2.30. The van der Waals surface area contributed by atoms with E-state index in [0.717, 1.165) is 24.0 Å². The number of hydrogen-bond acceptors (Lipinski definition) is 7. The number of aromatic nitrogens is 2. The van der Waals surface area contributed by atoms with Crippen LogP contribution in [0, 0.1) is 6.92 Å². The molecular weight excluding hydrogens is 388 g/mol. The number of anilines is 1. The molecule has 1 atom stereocenters. The Balaban J connectivity index is 1.54. The molecule has 3 heterocycles. The molecule has 10 heteroatoms. The van der Waals surface area contributed by atoms with E-state index in [4.69, 9.17) is 4.74 Å². The molecule has 1 N–H and O–H groups in total. The average molecular weight is 409 g/mol. The van der Waals surface area contributed by atoms with Crippen molar-refractivity contribution in [3.8, 4) is 0 Å². The fourth-order valence-electron chi connectivity index (χ4n) is 3.38. The minimum Gasteiger partial charge on any atom is -0.368 e. The maximum absolute atomic E-state index is 12.6. The van der Waals surface area contributed by atoms with Gasteiger partial charge in [0.25, 0.3) is 15.9 Å². The second-order valence-corrected chi connectivity index (χ2v) is 9.54. The van der Waals surface area contributed by atoms with Gasteiger partial charge in [-0.05, 0) is 49.4 Å². The summed E-state index contributed by atoms with van der Waals surface area (Å²) in [6.45, 7) is 3.41. The van der Waals surface area contributed by atoms with E-state index >= 15 is 0 Å². The Morgan fingerprint density at radius 3 is 2.89 bits per heavy atom. The van der Waals surface area contributed by atoms with Crippen molar-refractivity contribution in [2.24, 2.45) is 0 Å². The maximum atomic E-state index is 12.6. The lowest BCUT2D eigenvalue weighted by molar-refractivity contribution is -0.141. The Bertz CT molecular complexity index is 967. The monoisotopic (exact) mass is 408 g/mol. The van der Waals surface area contributed by atoms with Crippen LogP contribution in [-0.4, -0.2) is 48.7 Å². The van der Waals surface area contributed by atoms with Crippen LogP contribution in [-0.2, 0) is 32.5 Å². The van der Waals surface area contributed by atoms with Gasteiger partial charge in [0.2, 0.25) is 5.13 Å². The predicted molar refractivity (Wildman–Crippen MR) is 100.0 cm³/mol. The topological polar surface area (TPSA) is 101 Å². The van der Waals surface area contributed by atoms with Crippen molar-refractivity contribution in [2.75, 3.05) is 17.9 Å². The molecule has 0 aliphatic carbocycles. The van der Waals surface area contributed by atoms with Crippen molar-refractivity contribution in [1.29, 1.82) is 0 Å². The number of hydrogen-bond donors (Lipinski definition) is 1. The van der Waals surface area contributed by atoms with Gasteiger partial charge in [-0.1, -0.05) is 17.4 Å². The van der Waals surface area contributed by atoms with E-state index < -0.39 is 10.0 Å². The fourth-order valence-corrected chi connectivity index (χ4v) is 5.25. The van der Waals surface area contributed by atoms with E-state index in [1.54, 1.807) is 24.0 Å². The van der Waals surface area contributed by atoms with Gasteiger partial charge in [-0.3, -0.25) is 9.52 Å². The van der Waals surface area contributed by atoms with Crippen molar-refractivity contribution in [3.63, 3.8) is 0 Å². The number of aryl methyl sites for hydroxylation is 1. The quantitative estimate of drug-likeness (QED) is 0.826. The molecule has 1 aromatic carbocycles. The van der Waals surface area contributed by atoms with Crippen molar-refractivity contribution < 1.29 is 17.9 Å². The van der Waals surface area contributed by atoms with Crippen LogP contribution in [0.1, 0.15) is 29.0 Å². The smallest absolute Gasteiger partial charge is 0.263 e. The van der Waals surface area contributed by atoms with E-state index in [2.05, 4.69) is 14.9 Å². The molecular formula is C17H20N4O4S2. The molecule has 144 valence electrons. The first-order valence-corrected chi connectivity index (χ1v) is 11.1. The molecule has 1 fully saturated rings. The molecule has 1 amide bonds. The van der Waals surface area contributed by atoms with Crippen molar-refractivity contribution in [1.82, 2.24) is 15.1 Å². The molecule has 27 heavy (non-hydrogen) atoms. The van der Waals surface area contributed by atoms with Gasteiger partial charge in [-0.2, -0.15) is 0 Å². The fraction of sp³-hybridized carbons (Fsp3) is 0.471. The van der Waals surface area contributed by atoms with Crippen molar-refractivity contribution in [2.45, 2.75) is 43.7 Å². The van der Waals surface area contributed by atoms with Crippen LogP contribution in [0.15, 0.2) is 23.1 Å². The van der Waals surface area contributed by atoms with Gasteiger partial charge in [-0.15, -0.1) is 10.2 Å². The summed E-state index contributed by atoms with van der Waals surface area (Å²) in [6.07, 6.45) is 2.00. The number of fused-ring (bicyclic) bond motifs is 1. The third-order valence-electron chi connectivity index (χ3n) is 4.76. The number of benzene rings is 1. The zero-order valence-electron chi connectivity index (χ0n) is 14.8. The van der Waals surface area contributed by atoms with E-state index in [1.807, 2.05) is 6.07 Å². The first-order valence-electron chi connectivity index (χ1n) is 8.77. The Morgan fingerprint density at radius 2 is 2.19 bits per heavy atom. The highest BCUT2D eigenvalue weighted by Gasteiger charge is 2.30. The average Bonchev–Trinajstić information content (AvgIpc) is 3.32. The first kappa shape index (κ1) is 18.3. The van der Waals surface area contributed by atoms with Crippen LogP contribution in [0.5, 0.6) is 0 Å². The summed E-state index contributed by atoms with van der Waals surface area (Å²) in [6, 6.07) is 5.05. The van der Waals surface area contributed by atoms with Gasteiger partial charge in [0.1, 0.15) is 11.1 Å². The molecule has 2 aliphatic heterocycles. The Hall–Kier alpha value is -2.04. The second kappa shape index (κ2) is 7.17. The van der Waals surface area contributed by atoms with Gasteiger partial charge >= 0.3 is 0 Å². The van der Waals surface area contributed by atoms with Gasteiger partial charge in [0.05, 0.1) is 4.90 Å². The van der Waals surface area contributed by atoms with Crippen LogP contribution < -0.4 is 4.72 Å². The van der Waals surface area contributed by atoms with Gasteiger partial charge < -0.3 is 9.64 Å². The number of carbonyl (C=O) groups is 1. The summed E-state index contributed by atoms with van der Waals surface area (Å²) in [5.41, 5.74) is 1.92. The second-order valence-electron chi connectivity index (χ2n) is 6.67. The lowest BCUT2D eigenvalue weighted by Crippen LogP contribution is -2.42. The number of amides is 1. The summed E-state index contributed by atoms with van der Waals surface area (Å²) in [5, 5.41) is 8.54. The summed E-state index contributed by atoms with van der Waals surface area (Å²) < 4.78 is 33.2. The van der Waals surface area contributed by atoms with Crippen LogP contribution in [0.4, 0.5) is 5.13 Å². The largest absolute Gasteiger partial charge is 0.368 e. The number of sulfonamides is 1. The zero-order chi connectivity index (χ0) is 19.0. The minimum atomic E-state index is -3.76. The maximum Gasteiger partial charge on any atom is 0.263 e. The molecule has 4 rings (SSSR count). The Morgan fingerprint density at radius 1 is 1.33 bits per heavy atom. The number of nitrogens with one attached hydrogen (secondary N) is 1. The number of nitrogens with zero attached hydrogens (tertiary/aromatic N) is 3. The number of rotatable bonds is 4. The normalized spacial score (nSPS) is 19.7. The third-order valence-corrected chi connectivity index (χ3v) is 6.98. The highest BCUT2D eigenvalue weighted by atomic mass is 32.2. The van der Waals surface area contributed by atoms with Gasteiger partial charge in [-0.25, -0.2) is 8.42 Å². The standard InChI is InChI=1S/C17H20N4O4S2/c1-11-18-19-17(26-11)20-27(23,24)14-5-4-12-6-7-21(10-13(12)9-14)16(22)15-3-2-8-25-15/h4-5,9,15H,2-3,6-8,10H2,1H3,(H,19,20). The molecule has 8 nitrogen and oxygen atoms in total. The molecule has 0 radical (unpaired) electrons. The Kier molecular flexibility index (Phi) is 4.87. The van der Waals surface area contributed by atoms with Crippen molar-refractivity contribution >= 4 is 32.4 Å². The van der Waals surface area contributed by atoms with Crippen LogP contribution in [0.3, 0.4) is 0 Å². The molecule has 0 spiro atoms. The molecule has 2 aromatic rings. The number of carbonyl (C=O) groups excluding carboxylic acids is 1. The Labute approximate surface area is 161 Å². The lowest BCUT2D eigenvalue weighted by atomic mass is 9.99. The molecule has 2 aliphatic rings. The van der Waals surface area contributed by atoms with E-state index in [9.17, 15) is 13.2 Å². The molecule has 0 saturated carbocycles. The van der Waals surface area contributed by atoms with Gasteiger partial charge in [0.15, 0.2) is 0 Å². The first-order chi connectivity index (χ1) is 12.9. The molecule has 1 aromatic heterocycles. The molecule has 1 unspecified atom stereocenters. The summed E-state index contributed by atoms with van der Waals surface area (Å²) >= 11 is 1.18. The minimum absolute atomic E-state index is 0.00568. The summed E-state index contributed by atoms with van der Waals surface area (Å²) in [4.78, 5) is 14.5. The molecule has 1 saturated heterocycles. The summed E-state index contributed by atoms with van der Waals surface area (Å²) in [5.74, 6) is -0.00568. The predicted octanol–water partition coefficient (Wildman–Crippen LogP) is 1.71. The van der Waals surface area contributed by atoms with E-state index in [1.165, 1.54) is 11.3 Å². The molecule has 0 bridgehead atoms. The van der Waals surface area contributed by atoms with Crippen LogP contribution in [0.25, 0.3) is 0 Å². The van der Waals surface area contributed by atoms with E-state index in [0.29, 0.717) is 31.1 Å². The number of ether oxygens (including phenoxy) is 1. The van der Waals surface area contributed by atoms with Gasteiger partial charge in [0, 0.05) is 19.7 Å². The summed E-state index contributed by atoms with van der Waals surface area (Å²) in [7, 11) is -3.76. The zero-order valence-corrected chi connectivity index (χ0v) is 16.5. The van der Waals surface area contributed by atoms with Crippen molar-refractivity contribution in [3.05, 3.63) is 34.3 Å².